The normalized spacial score (nSPS) is 10.8. The van der Waals surface area contributed by atoms with Crippen molar-refractivity contribution in [3.05, 3.63) is 42.0 Å². The zero-order valence-electron chi connectivity index (χ0n) is 18.0. The Labute approximate surface area is 175 Å². The Hall–Kier alpha value is -2.30. The third kappa shape index (κ3) is 13.5. The third-order valence-corrected chi connectivity index (χ3v) is 4.57. The predicted molar refractivity (Wildman–Crippen MR) is 115 cm³/mol. The molecule has 1 aromatic rings. The van der Waals surface area contributed by atoms with Gasteiger partial charge < -0.3 is 14.2 Å². The quantitative estimate of drug-likeness (QED) is 0.199. The van der Waals surface area contributed by atoms with Gasteiger partial charge in [0.25, 0.3) is 0 Å². The number of hydrogen-bond donors (Lipinski definition) is 0. The molecule has 29 heavy (non-hydrogen) atoms. The molecule has 0 atom stereocenters. The zero-order valence-corrected chi connectivity index (χ0v) is 18.0. The number of allylic oxidation sites excluding steroid dienone is 1. The number of rotatable bonds is 16. The maximum absolute atomic E-state index is 11.7. The molecule has 0 spiro atoms. The molecule has 0 aliphatic carbocycles. The highest BCUT2D eigenvalue weighted by atomic mass is 16.5. The van der Waals surface area contributed by atoms with Crippen molar-refractivity contribution in [1.29, 1.82) is 0 Å². The molecule has 0 saturated heterocycles. The van der Waals surface area contributed by atoms with Gasteiger partial charge in [-0.3, -0.25) is 9.59 Å². The van der Waals surface area contributed by atoms with Crippen LogP contribution in [0.3, 0.4) is 0 Å². The molecule has 0 aromatic heterocycles. The van der Waals surface area contributed by atoms with E-state index in [9.17, 15) is 9.59 Å². The van der Waals surface area contributed by atoms with Crippen LogP contribution in [0.2, 0.25) is 0 Å². The number of carbonyl (C=O) groups is 2. The molecule has 1 rings (SSSR count). The summed E-state index contributed by atoms with van der Waals surface area (Å²) in [6.45, 7) is 2.67. The molecular weight excluding hydrogens is 368 g/mol. The molecule has 0 amide bonds. The fourth-order valence-corrected chi connectivity index (χ4v) is 2.78. The lowest BCUT2D eigenvalue weighted by Gasteiger charge is -2.06. The van der Waals surface area contributed by atoms with E-state index < -0.39 is 5.97 Å². The Morgan fingerprint density at radius 3 is 2.10 bits per heavy atom. The summed E-state index contributed by atoms with van der Waals surface area (Å²) in [5, 5.41) is 0. The summed E-state index contributed by atoms with van der Waals surface area (Å²) >= 11 is 0. The smallest absolute Gasteiger partial charge is 0.306 e. The number of ether oxygens (including phenoxy) is 3. The van der Waals surface area contributed by atoms with E-state index in [2.05, 4.69) is 13.0 Å². The van der Waals surface area contributed by atoms with Crippen LogP contribution in [0.5, 0.6) is 5.75 Å². The highest BCUT2D eigenvalue weighted by Gasteiger charge is 2.09. The van der Waals surface area contributed by atoms with Crippen LogP contribution < -0.4 is 4.74 Å². The molecule has 0 fully saturated rings. The van der Waals surface area contributed by atoms with Crippen LogP contribution in [0, 0.1) is 0 Å². The molecule has 5 heteroatoms. The van der Waals surface area contributed by atoms with Gasteiger partial charge in [-0.1, -0.05) is 69.7 Å². The lowest BCUT2D eigenvalue weighted by molar-refractivity contribution is -0.150. The number of hydrogen-bond acceptors (Lipinski definition) is 5. The van der Waals surface area contributed by atoms with E-state index >= 15 is 0 Å². The first-order chi connectivity index (χ1) is 14.2. The van der Waals surface area contributed by atoms with Crippen molar-refractivity contribution < 1.29 is 23.8 Å². The van der Waals surface area contributed by atoms with Gasteiger partial charge in [-0.05, 0) is 30.5 Å². The van der Waals surface area contributed by atoms with Gasteiger partial charge in [-0.2, -0.15) is 0 Å². The maximum Gasteiger partial charge on any atom is 0.306 e. The Balaban J connectivity index is 2.00. The fourth-order valence-electron chi connectivity index (χ4n) is 2.78. The average Bonchev–Trinajstić information content (AvgIpc) is 2.75. The van der Waals surface area contributed by atoms with Crippen molar-refractivity contribution in [3.63, 3.8) is 0 Å². The second kappa shape index (κ2) is 16.6. The Morgan fingerprint density at radius 1 is 0.828 bits per heavy atom. The first-order valence-corrected chi connectivity index (χ1v) is 10.7. The first kappa shape index (κ1) is 24.7. The van der Waals surface area contributed by atoms with Crippen molar-refractivity contribution in [2.45, 2.75) is 77.7 Å². The molecule has 0 N–H and O–H groups in total. The van der Waals surface area contributed by atoms with Crippen LogP contribution in [-0.2, 0) is 25.7 Å². The molecule has 0 aliphatic heterocycles. The van der Waals surface area contributed by atoms with E-state index in [1.54, 1.807) is 7.11 Å². The summed E-state index contributed by atoms with van der Waals surface area (Å²) in [7, 11) is 1.60. The fraction of sp³-hybridized carbons (Fsp3) is 0.583. The van der Waals surface area contributed by atoms with Gasteiger partial charge in [0, 0.05) is 0 Å². The third-order valence-electron chi connectivity index (χ3n) is 4.57. The monoisotopic (exact) mass is 404 g/mol. The highest BCUT2D eigenvalue weighted by Crippen LogP contribution is 2.12. The van der Waals surface area contributed by atoms with E-state index in [0.717, 1.165) is 17.7 Å². The van der Waals surface area contributed by atoms with Gasteiger partial charge in [-0.25, -0.2) is 0 Å². The van der Waals surface area contributed by atoms with Crippen LogP contribution in [-0.4, -0.2) is 25.7 Å². The Morgan fingerprint density at radius 2 is 1.45 bits per heavy atom. The number of carbonyl (C=O) groups excluding carboxylic acids is 2. The lowest BCUT2D eigenvalue weighted by Crippen LogP contribution is -2.10. The Bertz CT molecular complexity index is 592. The van der Waals surface area contributed by atoms with Gasteiger partial charge >= 0.3 is 11.9 Å². The van der Waals surface area contributed by atoms with Crippen molar-refractivity contribution in [2.24, 2.45) is 0 Å². The van der Waals surface area contributed by atoms with Crippen LogP contribution >= 0.6 is 0 Å². The van der Waals surface area contributed by atoms with Crippen molar-refractivity contribution in [3.8, 4) is 5.75 Å². The molecule has 5 nitrogen and oxygen atoms in total. The van der Waals surface area contributed by atoms with E-state index in [1.165, 1.54) is 44.9 Å². The van der Waals surface area contributed by atoms with Gasteiger partial charge in [0.1, 0.15) is 19.0 Å². The number of unbranched alkanes of at least 4 members (excludes halogenated alkanes) is 7. The number of methoxy groups -OCH3 is 1. The number of benzene rings is 1. The molecule has 0 radical (unpaired) electrons. The highest BCUT2D eigenvalue weighted by molar-refractivity contribution is 5.77. The average molecular weight is 405 g/mol. The van der Waals surface area contributed by atoms with Gasteiger partial charge in [0.05, 0.1) is 20.0 Å². The molecule has 0 aliphatic rings. The van der Waals surface area contributed by atoms with E-state index in [1.807, 2.05) is 30.3 Å². The van der Waals surface area contributed by atoms with Gasteiger partial charge in [-0.15, -0.1) is 0 Å². The van der Waals surface area contributed by atoms with Gasteiger partial charge in [0.15, 0.2) is 0 Å². The second-order valence-corrected chi connectivity index (χ2v) is 7.07. The first-order valence-electron chi connectivity index (χ1n) is 10.7. The Kier molecular flexibility index (Phi) is 14.2. The van der Waals surface area contributed by atoms with Gasteiger partial charge in [0.2, 0.25) is 0 Å². The van der Waals surface area contributed by atoms with Crippen LogP contribution in [0.25, 0.3) is 0 Å². The standard InChI is InChI=1S/C24H36O5/c1-3-4-5-6-7-8-9-10-11-12-19-28-23(25)17-18-24(26)29-20-21-13-15-22(27-2)16-14-21/h11-16H,3-10,17-20H2,1-2H3/b12-11+. The molecule has 0 bridgehead atoms. The summed E-state index contributed by atoms with van der Waals surface area (Å²) in [5.74, 6) is -0.0431. The zero-order chi connectivity index (χ0) is 21.2. The predicted octanol–water partition coefficient (Wildman–Crippen LogP) is 5.76. The van der Waals surface area contributed by atoms with Crippen LogP contribution in [0.1, 0.15) is 76.7 Å². The summed E-state index contributed by atoms with van der Waals surface area (Å²) in [4.78, 5) is 23.4. The van der Waals surface area contributed by atoms with Crippen molar-refractivity contribution in [1.82, 2.24) is 0 Å². The molecule has 0 saturated carbocycles. The molecule has 0 heterocycles. The largest absolute Gasteiger partial charge is 0.497 e. The number of esters is 2. The summed E-state index contributed by atoms with van der Waals surface area (Å²) in [6, 6.07) is 7.28. The van der Waals surface area contributed by atoms with E-state index in [-0.39, 0.29) is 32.0 Å². The minimum atomic E-state index is -0.410. The minimum absolute atomic E-state index is 0.0245. The maximum atomic E-state index is 11.7. The van der Waals surface area contributed by atoms with Crippen LogP contribution in [0.4, 0.5) is 0 Å². The van der Waals surface area contributed by atoms with Crippen LogP contribution in [0.15, 0.2) is 36.4 Å². The summed E-state index contributed by atoms with van der Waals surface area (Å²) in [6.07, 6.45) is 14.0. The van der Waals surface area contributed by atoms with Crippen molar-refractivity contribution in [2.75, 3.05) is 13.7 Å². The minimum Gasteiger partial charge on any atom is -0.497 e. The van der Waals surface area contributed by atoms with E-state index in [0.29, 0.717) is 0 Å². The molecule has 1 aromatic carbocycles. The molecular formula is C24H36O5. The SMILES string of the molecule is CCCCCCCCC/C=C/COC(=O)CCC(=O)OCc1ccc(OC)cc1. The summed E-state index contributed by atoms with van der Waals surface area (Å²) < 4.78 is 15.3. The molecule has 0 unspecified atom stereocenters. The lowest BCUT2D eigenvalue weighted by atomic mass is 10.1. The topological polar surface area (TPSA) is 61.8 Å². The molecule has 162 valence electrons. The second-order valence-electron chi connectivity index (χ2n) is 7.07. The summed E-state index contributed by atoms with van der Waals surface area (Å²) in [5.41, 5.74) is 0.868. The van der Waals surface area contributed by atoms with E-state index in [4.69, 9.17) is 14.2 Å². The van der Waals surface area contributed by atoms with Crippen molar-refractivity contribution >= 4 is 11.9 Å².